The molecule has 0 aromatic carbocycles. The summed E-state index contributed by atoms with van der Waals surface area (Å²) in [6.45, 7) is 2.32. The Morgan fingerprint density at radius 2 is 1.07 bits per heavy atom. The monoisotopic (exact) mass is 209 g/mol. The van der Waals surface area contributed by atoms with E-state index < -0.39 is 0 Å². The lowest BCUT2D eigenvalue weighted by molar-refractivity contribution is 0.503. The first-order chi connectivity index (χ1) is 7.43. The number of hydrogen-bond acceptors (Lipinski definition) is 0. The van der Waals surface area contributed by atoms with Crippen molar-refractivity contribution in [1.29, 1.82) is 0 Å². The zero-order valence-corrected chi connectivity index (χ0v) is 10.7. The molecule has 15 heavy (non-hydrogen) atoms. The maximum absolute atomic E-state index is 2.32. The van der Waals surface area contributed by atoms with E-state index in [2.05, 4.69) is 6.92 Å². The van der Waals surface area contributed by atoms with Crippen LogP contribution in [0.1, 0.15) is 90.4 Å². The van der Waals surface area contributed by atoms with Crippen LogP contribution in [0.4, 0.5) is 0 Å². The van der Waals surface area contributed by atoms with Gasteiger partial charge in [0.05, 0.1) is 0 Å². The fraction of sp³-hybridized carbons (Fsp3) is 0.933. The summed E-state index contributed by atoms with van der Waals surface area (Å²) in [5.41, 5.74) is 0. The maximum Gasteiger partial charge on any atom is -0.0241 e. The Morgan fingerprint density at radius 3 is 1.47 bits per heavy atom. The van der Waals surface area contributed by atoms with Crippen molar-refractivity contribution in [2.45, 2.75) is 90.4 Å². The fourth-order valence-corrected chi connectivity index (χ4v) is 2.72. The summed E-state index contributed by atoms with van der Waals surface area (Å²) in [4.78, 5) is 0. The van der Waals surface area contributed by atoms with Crippen molar-refractivity contribution in [2.75, 3.05) is 0 Å². The first kappa shape index (κ1) is 13.1. The quantitative estimate of drug-likeness (QED) is 0.550. The lowest BCUT2D eigenvalue weighted by Crippen LogP contribution is -1.99. The second-order valence-electron chi connectivity index (χ2n) is 5.18. The third kappa shape index (κ3) is 6.98. The molecule has 0 heteroatoms. The van der Waals surface area contributed by atoms with E-state index in [1.54, 1.807) is 0 Å². The van der Waals surface area contributed by atoms with Crippen molar-refractivity contribution in [1.82, 2.24) is 0 Å². The third-order valence-electron chi connectivity index (χ3n) is 3.66. The Hall–Kier alpha value is 0. The Labute approximate surface area is 96.8 Å². The Balaban J connectivity index is 2.19. The summed E-state index contributed by atoms with van der Waals surface area (Å²) in [7, 11) is 0. The van der Waals surface area contributed by atoms with Crippen molar-refractivity contribution in [2.24, 2.45) is 0 Å². The van der Waals surface area contributed by atoms with Gasteiger partial charge >= 0.3 is 0 Å². The van der Waals surface area contributed by atoms with Gasteiger partial charge in [0.15, 0.2) is 0 Å². The lowest BCUT2D eigenvalue weighted by Gasteiger charge is -2.16. The van der Waals surface area contributed by atoms with Gasteiger partial charge in [-0.3, -0.25) is 0 Å². The van der Waals surface area contributed by atoms with E-state index in [0.717, 1.165) is 0 Å². The van der Waals surface area contributed by atoms with E-state index in [1.165, 1.54) is 83.5 Å². The fourth-order valence-electron chi connectivity index (χ4n) is 2.72. The summed E-state index contributed by atoms with van der Waals surface area (Å²) in [5, 5.41) is 0. The summed E-state index contributed by atoms with van der Waals surface area (Å²) in [5.74, 6) is 1.87. The minimum Gasteiger partial charge on any atom is -0.0654 e. The molecule has 0 N–H and O–H groups in total. The molecule has 0 nitrogen and oxygen atoms in total. The Bertz CT molecular complexity index is 116. The SMILES string of the molecule is CCC[C]1CCCCCCCCCCC1. The van der Waals surface area contributed by atoms with Gasteiger partial charge in [-0.25, -0.2) is 0 Å². The second-order valence-corrected chi connectivity index (χ2v) is 5.18. The normalized spacial score (nSPS) is 23.0. The van der Waals surface area contributed by atoms with Crippen molar-refractivity contribution < 1.29 is 0 Å². The van der Waals surface area contributed by atoms with Gasteiger partial charge < -0.3 is 0 Å². The summed E-state index contributed by atoms with van der Waals surface area (Å²) < 4.78 is 0. The molecular weight excluding hydrogens is 180 g/mol. The van der Waals surface area contributed by atoms with Crippen molar-refractivity contribution >= 4 is 0 Å². The highest BCUT2D eigenvalue weighted by Gasteiger charge is 2.08. The molecule has 0 heterocycles. The molecular formula is C15H29. The van der Waals surface area contributed by atoms with Gasteiger partial charge in [0.25, 0.3) is 0 Å². The van der Waals surface area contributed by atoms with Gasteiger partial charge in [-0.1, -0.05) is 71.1 Å². The van der Waals surface area contributed by atoms with Crippen LogP contribution < -0.4 is 0 Å². The van der Waals surface area contributed by atoms with Gasteiger partial charge in [0.2, 0.25) is 0 Å². The smallest absolute Gasteiger partial charge is 0.0241 e. The van der Waals surface area contributed by atoms with Crippen molar-refractivity contribution in [3.63, 3.8) is 0 Å². The van der Waals surface area contributed by atoms with E-state index in [0.29, 0.717) is 0 Å². The van der Waals surface area contributed by atoms with Crippen molar-refractivity contribution in [3.05, 3.63) is 5.92 Å². The largest absolute Gasteiger partial charge is 0.0654 e. The van der Waals surface area contributed by atoms with Gasteiger partial charge in [-0.05, 0) is 25.2 Å². The van der Waals surface area contributed by atoms with Gasteiger partial charge in [0, 0.05) is 0 Å². The first-order valence-electron chi connectivity index (χ1n) is 7.27. The van der Waals surface area contributed by atoms with E-state index in [4.69, 9.17) is 0 Å². The maximum atomic E-state index is 2.32. The predicted octanol–water partition coefficient (Wildman–Crippen LogP) is 5.67. The van der Waals surface area contributed by atoms with Crippen LogP contribution in [0, 0.1) is 5.92 Å². The molecule has 1 rings (SSSR count). The van der Waals surface area contributed by atoms with E-state index in [-0.39, 0.29) is 0 Å². The van der Waals surface area contributed by atoms with E-state index in [9.17, 15) is 0 Å². The molecule has 1 aliphatic carbocycles. The highest BCUT2D eigenvalue weighted by molar-refractivity contribution is 4.88. The summed E-state index contributed by atoms with van der Waals surface area (Å²) in [6, 6.07) is 0. The average molecular weight is 209 g/mol. The summed E-state index contributed by atoms with van der Waals surface area (Å²) in [6.07, 6.45) is 19.0. The van der Waals surface area contributed by atoms with Crippen LogP contribution in [0.25, 0.3) is 0 Å². The van der Waals surface area contributed by atoms with Gasteiger partial charge in [0.1, 0.15) is 0 Å². The minimum absolute atomic E-state index is 1.36. The lowest BCUT2D eigenvalue weighted by atomic mass is 9.90. The van der Waals surface area contributed by atoms with E-state index in [1.807, 2.05) is 5.92 Å². The summed E-state index contributed by atoms with van der Waals surface area (Å²) >= 11 is 0. The molecule has 0 bridgehead atoms. The zero-order chi connectivity index (χ0) is 10.8. The second kappa shape index (κ2) is 9.24. The van der Waals surface area contributed by atoms with Crippen LogP contribution in [-0.4, -0.2) is 0 Å². The molecule has 1 radical (unpaired) electrons. The highest BCUT2D eigenvalue weighted by Crippen LogP contribution is 2.25. The van der Waals surface area contributed by atoms with Gasteiger partial charge in [-0.2, -0.15) is 0 Å². The molecule has 89 valence electrons. The van der Waals surface area contributed by atoms with Gasteiger partial charge in [-0.15, -0.1) is 0 Å². The number of rotatable bonds is 2. The molecule has 1 aliphatic rings. The first-order valence-corrected chi connectivity index (χ1v) is 7.27. The molecule has 0 unspecified atom stereocenters. The number of hydrogen-bond donors (Lipinski definition) is 0. The molecule has 1 fully saturated rings. The van der Waals surface area contributed by atoms with Crippen molar-refractivity contribution in [3.8, 4) is 0 Å². The van der Waals surface area contributed by atoms with Crippen LogP contribution in [0.2, 0.25) is 0 Å². The average Bonchev–Trinajstić information content (AvgIpc) is 2.22. The molecule has 0 aromatic heterocycles. The predicted molar refractivity (Wildman–Crippen MR) is 68.9 cm³/mol. The standard InChI is InChI=1S/C15H29/c1-2-12-15-13-10-8-6-4-3-5-7-9-11-14-15/h2-14H2,1H3. The molecule has 0 aliphatic heterocycles. The van der Waals surface area contributed by atoms with Crippen LogP contribution >= 0.6 is 0 Å². The topological polar surface area (TPSA) is 0 Å². The molecule has 1 saturated carbocycles. The van der Waals surface area contributed by atoms with Crippen LogP contribution in [-0.2, 0) is 0 Å². The van der Waals surface area contributed by atoms with Crippen LogP contribution in [0.5, 0.6) is 0 Å². The molecule has 0 aromatic rings. The molecule has 0 atom stereocenters. The van der Waals surface area contributed by atoms with Crippen LogP contribution in [0.15, 0.2) is 0 Å². The third-order valence-corrected chi connectivity index (χ3v) is 3.66. The Morgan fingerprint density at radius 1 is 0.667 bits per heavy atom. The highest BCUT2D eigenvalue weighted by atomic mass is 14.1. The van der Waals surface area contributed by atoms with Crippen LogP contribution in [0.3, 0.4) is 0 Å². The zero-order valence-electron chi connectivity index (χ0n) is 10.7. The minimum atomic E-state index is 1.36. The van der Waals surface area contributed by atoms with E-state index >= 15 is 0 Å². The Kier molecular flexibility index (Phi) is 8.05. The molecule has 0 spiro atoms. The molecule has 0 amide bonds. The molecule has 0 saturated heterocycles.